The molecule has 1 aromatic rings. The zero-order chi connectivity index (χ0) is 9.68. The standard InChI is InChI=1S/C8H9IN4/c9-7-4-2-1-3-6(7)5-12-13-8(10)11/h1-5H,(H4,10,11,13). The fourth-order valence-corrected chi connectivity index (χ4v) is 1.26. The van der Waals surface area contributed by atoms with Gasteiger partial charge in [0.1, 0.15) is 0 Å². The molecule has 0 aliphatic carbocycles. The molecule has 1 rings (SSSR count). The van der Waals surface area contributed by atoms with Crippen molar-refractivity contribution in [1.82, 2.24) is 0 Å². The summed E-state index contributed by atoms with van der Waals surface area (Å²) in [6.07, 6.45) is 1.61. The van der Waals surface area contributed by atoms with Gasteiger partial charge in [-0.1, -0.05) is 18.2 Å². The van der Waals surface area contributed by atoms with Crippen molar-refractivity contribution < 1.29 is 0 Å². The Morgan fingerprint density at radius 1 is 1.31 bits per heavy atom. The third-order valence-corrected chi connectivity index (χ3v) is 2.26. The minimum atomic E-state index is -0.0396. The van der Waals surface area contributed by atoms with Gasteiger partial charge in [-0.2, -0.15) is 5.10 Å². The maximum Gasteiger partial charge on any atom is 0.211 e. The van der Waals surface area contributed by atoms with E-state index < -0.39 is 0 Å². The first-order chi connectivity index (χ1) is 6.20. The topological polar surface area (TPSA) is 76.8 Å². The quantitative estimate of drug-likeness (QED) is 0.367. The van der Waals surface area contributed by atoms with Crippen LogP contribution in [0, 0.1) is 3.57 Å². The van der Waals surface area contributed by atoms with Crippen molar-refractivity contribution in [2.75, 3.05) is 0 Å². The lowest BCUT2D eigenvalue weighted by Gasteiger charge is -1.94. The summed E-state index contributed by atoms with van der Waals surface area (Å²) >= 11 is 2.22. The smallest absolute Gasteiger partial charge is 0.211 e. The summed E-state index contributed by atoms with van der Waals surface area (Å²) in [5, 5.41) is 7.21. The van der Waals surface area contributed by atoms with E-state index >= 15 is 0 Å². The van der Waals surface area contributed by atoms with Crippen LogP contribution in [0.5, 0.6) is 0 Å². The lowest BCUT2D eigenvalue weighted by atomic mass is 10.2. The number of rotatable bonds is 2. The van der Waals surface area contributed by atoms with Crippen LogP contribution >= 0.6 is 22.6 Å². The number of nitrogens with zero attached hydrogens (tertiary/aromatic N) is 2. The van der Waals surface area contributed by atoms with Crippen LogP contribution in [0.2, 0.25) is 0 Å². The molecule has 0 saturated heterocycles. The minimum Gasteiger partial charge on any atom is -0.369 e. The van der Waals surface area contributed by atoms with Crippen molar-refractivity contribution in [1.29, 1.82) is 0 Å². The molecule has 0 saturated carbocycles. The number of hydrogen-bond donors (Lipinski definition) is 2. The monoisotopic (exact) mass is 288 g/mol. The number of guanidine groups is 1. The average molecular weight is 288 g/mol. The molecule has 13 heavy (non-hydrogen) atoms. The highest BCUT2D eigenvalue weighted by molar-refractivity contribution is 14.1. The van der Waals surface area contributed by atoms with Crippen LogP contribution in [0.25, 0.3) is 0 Å². The van der Waals surface area contributed by atoms with Gasteiger partial charge < -0.3 is 11.5 Å². The van der Waals surface area contributed by atoms with Gasteiger partial charge in [0.05, 0.1) is 6.21 Å². The van der Waals surface area contributed by atoms with Crippen LogP contribution in [-0.2, 0) is 0 Å². The maximum absolute atomic E-state index is 5.11. The van der Waals surface area contributed by atoms with Gasteiger partial charge in [0, 0.05) is 9.13 Å². The molecular formula is C8H9IN4. The first-order valence-electron chi connectivity index (χ1n) is 3.56. The molecule has 0 aliphatic rings. The molecule has 68 valence electrons. The molecule has 0 heterocycles. The Hall–Kier alpha value is -1.11. The van der Waals surface area contributed by atoms with Crippen LogP contribution in [0.4, 0.5) is 0 Å². The van der Waals surface area contributed by atoms with E-state index in [2.05, 4.69) is 32.8 Å². The number of hydrogen-bond acceptors (Lipinski definition) is 2. The van der Waals surface area contributed by atoms with Crippen LogP contribution in [-0.4, -0.2) is 12.2 Å². The first-order valence-corrected chi connectivity index (χ1v) is 4.64. The molecular weight excluding hydrogens is 279 g/mol. The van der Waals surface area contributed by atoms with Crippen molar-refractivity contribution in [2.45, 2.75) is 0 Å². The first kappa shape index (κ1) is 9.97. The van der Waals surface area contributed by atoms with Gasteiger partial charge in [-0.05, 0) is 28.7 Å². The van der Waals surface area contributed by atoms with E-state index in [1.165, 1.54) is 0 Å². The molecule has 0 radical (unpaired) electrons. The van der Waals surface area contributed by atoms with Gasteiger partial charge >= 0.3 is 0 Å². The third-order valence-electron chi connectivity index (χ3n) is 1.28. The van der Waals surface area contributed by atoms with Gasteiger partial charge in [-0.25, -0.2) is 0 Å². The van der Waals surface area contributed by atoms with Crippen molar-refractivity contribution in [3.8, 4) is 0 Å². The van der Waals surface area contributed by atoms with E-state index in [9.17, 15) is 0 Å². The normalized spacial score (nSPS) is 10.2. The molecule has 0 atom stereocenters. The van der Waals surface area contributed by atoms with E-state index in [-0.39, 0.29) is 5.96 Å². The van der Waals surface area contributed by atoms with Gasteiger partial charge in [-0.3, -0.25) is 0 Å². The Balaban J connectivity index is 2.80. The second-order valence-electron chi connectivity index (χ2n) is 2.29. The van der Waals surface area contributed by atoms with Crippen molar-refractivity contribution >= 4 is 34.8 Å². The second kappa shape index (κ2) is 4.80. The SMILES string of the molecule is NC(N)=NN=Cc1ccccc1I. The predicted molar refractivity (Wildman–Crippen MR) is 62.6 cm³/mol. The van der Waals surface area contributed by atoms with E-state index in [4.69, 9.17) is 11.5 Å². The highest BCUT2D eigenvalue weighted by Crippen LogP contribution is 2.08. The summed E-state index contributed by atoms with van der Waals surface area (Å²) in [6, 6.07) is 7.81. The predicted octanol–water partition coefficient (Wildman–Crippen LogP) is 0.898. The van der Waals surface area contributed by atoms with Crippen LogP contribution in [0.1, 0.15) is 5.56 Å². The fourth-order valence-electron chi connectivity index (χ4n) is 0.738. The Morgan fingerprint density at radius 3 is 2.62 bits per heavy atom. The van der Waals surface area contributed by atoms with Crippen LogP contribution in [0.15, 0.2) is 34.5 Å². The van der Waals surface area contributed by atoms with E-state index in [0.717, 1.165) is 9.13 Å². The van der Waals surface area contributed by atoms with E-state index in [0.29, 0.717) is 0 Å². The van der Waals surface area contributed by atoms with Crippen LogP contribution in [0.3, 0.4) is 0 Å². The van der Waals surface area contributed by atoms with Gasteiger partial charge in [0.25, 0.3) is 0 Å². The van der Waals surface area contributed by atoms with Crippen molar-refractivity contribution in [3.05, 3.63) is 33.4 Å². The molecule has 1 aromatic carbocycles. The lowest BCUT2D eigenvalue weighted by Crippen LogP contribution is -2.21. The summed E-state index contributed by atoms with van der Waals surface area (Å²) in [4.78, 5) is 0. The summed E-state index contributed by atoms with van der Waals surface area (Å²) in [6.45, 7) is 0. The molecule has 0 spiro atoms. The van der Waals surface area contributed by atoms with Gasteiger partial charge in [0.15, 0.2) is 0 Å². The van der Waals surface area contributed by atoms with Crippen molar-refractivity contribution in [2.24, 2.45) is 21.7 Å². The summed E-state index contributed by atoms with van der Waals surface area (Å²) in [7, 11) is 0. The summed E-state index contributed by atoms with van der Waals surface area (Å²) < 4.78 is 1.11. The van der Waals surface area contributed by atoms with E-state index in [1.807, 2.05) is 24.3 Å². The van der Waals surface area contributed by atoms with Gasteiger partial charge in [0.2, 0.25) is 5.96 Å². The minimum absolute atomic E-state index is 0.0396. The highest BCUT2D eigenvalue weighted by Gasteiger charge is 1.92. The number of benzene rings is 1. The van der Waals surface area contributed by atoms with Gasteiger partial charge in [-0.15, -0.1) is 5.10 Å². The molecule has 0 aliphatic heterocycles. The molecule has 0 aromatic heterocycles. The number of halogens is 1. The van der Waals surface area contributed by atoms with Crippen molar-refractivity contribution in [3.63, 3.8) is 0 Å². The lowest BCUT2D eigenvalue weighted by molar-refractivity contribution is 1.21. The maximum atomic E-state index is 5.11. The molecule has 4 nitrogen and oxygen atoms in total. The molecule has 0 amide bonds. The Morgan fingerprint density at radius 2 is 2.00 bits per heavy atom. The molecule has 4 N–H and O–H groups in total. The summed E-state index contributed by atoms with van der Waals surface area (Å²) in [5.74, 6) is -0.0396. The Bertz CT molecular complexity index is 342. The average Bonchev–Trinajstić information content (AvgIpc) is 2.08. The van der Waals surface area contributed by atoms with E-state index in [1.54, 1.807) is 6.21 Å². The molecule has 5 heteroatoms. The largest absolute Gasteiger partial charge is 0.369 e. The number of nitrogens with two attached hydrogens (primary N) is 2. The second-order valence-corrected chi connectivity index (χ2v) is 3.45. The van der Waals surface area contributed by atoms with Crippen LogP contribution < -0.4 is 11.5 Å². The molecule has 0 bridgehead atoms. The Labute approximate surface area is 89.9 Å². The highest BCUT2D eigenvalue weighted by atomic mass is 127. The molecule has 0 fully saturated rings. The summed E-state index contributed by atoms with van der Waals surface area (Å²) in [5.41, 5.74) is 11.2. The Kier molecular flexibility index (Phi) is 3.69. The third kappa shape index (κ3) is 3.41. The zero-order valence-corrected chi connectivity index (χ0v) is 8.97. The zero-order valence-electron chi connectivity index (χ0n) is 6.81. The molecule has 0 unspecified atom stereocenters. The fraction of sp³-hybridized carbons (Fsp3) is 0.